The summed E-state index contributed by atoms with van der Waals surface area (Å²) < 4.78 is 0. The molecule has 6 nitrogen and oxygen atoms in total. The number of hydrogen-bond donors (Lipinski definition) is 2. The number of nitrogens with zero attached hydrogens (tertiary/aromatic N) is 1. The van der Waals surface area contributed by atoms with Gasteiger partial charge in [-0.1, -0.05) is 11.6 Å². The van der Waals surface area contributed by atoms with Gasteiger partial charge in [-0.05, 0) is 37.8 Å². The Balaban J connectivity index is 1.81. The second-order valence-electron chi connectivity index (χ2n) is 5.25. The van der Waals surface area contributed by atoms with Gasteiger partial charge in [-0.3, -0.25) is 14.9 Å². The lowest BCUT2D eigenvalue weighted by atomic mass is 10.1. The third kappa shape index (κ3) is 4.60. The summed E-state index contributed by atoms with van der Waals surface area (Å²) in [4.78, 5) is 21.8. The normalized spacial score (nSPS) is 13.8. The second kappa shape index (κ2) is 6.76. The van der Waals surface area contributed by atoms with E-state index in [0.29, 0.717) is 25.4 Å². The highest BCUT2D eigenvalue weighted by Gasteiger charge is 2.22. The standard InChI is InChI=1S/C14H18ClN3O3/c1-9-7-13(18(20)21)11(15)8-12(9)16-6-2-3-14(19)17-10-4-5-10/h7-8,10,16H,2-6H2,1H3,(H,17,19). The van der Waals surface area contributed by atoms with Crippen molar-refractivity contribution in [3.63, 3.8) is 0 Å². The third-order valence-corrected chi connectivity index (χ3v) is 3.63. The number of aryl methyl sites for hydroxylation is 1. The number of hydrogen-bond acceptors (Lipinski definition) is 4. The molecule has 0 atom stereocenters. The van der Waals surface area contributed by atoms with Gasteiger partial charge in [0.2, 0.25) is 5.91 Å². The molecule has 1 saturated carbocycles. The summed E-state index contributed by atoms with van der Waals surface area (Å²) in [6, 6.07) is 3.39. The highest BCUT2D eigenvalue weighted by atomic mass is 35.5. The number of benzene rings is 1. The summed E-state index contributed by atoms with van der Waals surface area (Å²) in [5, 5.41) is 17.0. The fraction of sp³-hybridized carbons (Fsp3) is 0.500. The average molecular weight is 312 g/mol. The van der Waals surface area contributed by atoms with E-state index in [2.05, 4.69) is 10.6 Å². The maximum atomic E-state index is 11.5. The van der Waals surface area contributed by atoms with Gasteiger partial charge >= 0.3 is 0 Å². The van der Waals surface area contributed by atoms with E-state index in [1.54, 1.807) is 13.0 Å². The Morgan fingerprint density at radius 1 is 1.48 bits per heavy atom. The SMILES string of the molecule is Cc1cc([N+](=O)[O-])c(Cl)cc1NCCCC(=O)NC1CC1. The lowest BCUT2D eigenvalue weighted by molar-refractivity contribution is -0.384. The van der Waals surface area contributed by atoms with Gasteiger partial charge in [0.05, 0.1) is 4.92 Å². The van der Waals surface area contributed by atoms with Crippen LogP contribution in [0.4, 0.5) is 11.4 Å². The molecule has 1 amide bonds. The lowest BCUT2D eigenvalue weighted by Crippen LogP contribution is -2.25. The molecule has 1 fully saturated rings. The molecule has 2 rings (SSSR count). The Labute approximate surface area is 128 Å². The highest BCUT2D eigenvalue weighted by Crippen LogP contribution is 2.30. The first-order valence-corrected chi connectivity index (χ1v) is 7.33. The molecule has 1 aromatic carbocycles. The minimum absolute atomic E-state index is 0.0813. The Kier molecular flexibility index (Phi) is 5.01. The van der Waals surface area contributed by atoms with E-state index in [9.17, 15) is 14.9 Å². The molecule has 7 heteroatoms. The first-order chi connectivity index (χ1) is 9.97. The highest BCUT2D eigenvalue weighted by molar-refractivity contribution is 6.33. The number of nitro benzene ring substituents is 1. The molecule has 2 N–H and O–H groups in total. The van der Waals surface area contributed by atoms with Gasteiger partial charge in [0.1, 0.15) is 5.02 Å². The molecule has 0 heterocycles. The molecule has 0 radical (unpaired) electrons. The van der Waals surface area contributed by atoms with Gasteiger partial charge in [-0.2, -0.15) is 0 Å². The Bertz CT molecular complexity index is 559. The maximum absolute atomic E-state index is 11.5. The summed E-state index contributed by atoms with van der Waals surface area (Å²) >= 11 is 5.88. The molecule has 0 bridgehead atoms. The van der Waals surface area contributed by atoms with E-state index in [-0.39, 0.29) is 16.6 Å². The molecular weight excluding hydrogens is 294 g/mol. The van der Waals surface area contributed by atoms with Crippen LogP contribution in [0.2, 0.25) is 5.02 Å². The molecule has 0 unspecified atom stereocenters. The Morgan fingerprint density at radius 3 is 2.81 bits per heavy atom. The van der Waals surface area contributed by atoms with Crippen molar-refractivity contribution in [1.82, 2.24) is 5.32 Å². The predicted molar refractivity (Wildman–Crippen MR) is 81.7 cm³/mol. The minimum atomic E-state index is -0.499. The summed E-state index contributed by atoms with van der Waals surface area (Å²) in [5.41, 5.74) is 1.42. The number of anilines is 1. The number of carbonyl (C=O) groups excluding carboxylic acids is 1. The molecular formula is C14H18ClN3O3. The van der Waals surface area contributed by atoms with Crippen LogP contribution in [0.5, 0.6) is 0 Å². The van der Waals surface area contributed by atoms with Crippen LogP contribution in [0.1, 0.15) is 31.2 Å². The van der Waals surface area contributed by atoms with E-state index in [4.69, 9.17) is 11.6 Å². The minimum Gasteiger partial charge on any atom is -0.385 e. The van der Waals surface area contributed by atoms with Gasteiger partial charge in [0.15, 0.2) is 0 Å². The van der Waals surface area contributed by atoms with Crippen molar-refractivity contribution < 1.29 is 9.72 Å². The van der Waals surface area contributed by atoms with Crippen molar-refractivity contribution in [2.75, 3.05) is 11.9 Å². The first-order valence-electron chi connectivity index (χ1n) is 6.95. The molecule has 0 aromatic heterocycles. The Morgan fingerprint density at radius 2 is 2.19 bits per heavy atom. The largest absolute Gasteiger partial charge is 0.385 e. The van der Waals surface area contributed by atoms with E-state index < -0.39 is 4.92 Å². The van der Waals surface area contributed by atoms with Crippen molar-refractivity contribution in [1.29, 1.82) is 0 Å². The van der Waals surface area contributed by atoms with E-state index in [1.165, 1.54) is 6.07 Å². The van der Waals surface area contributed by atoms with E-state index in [0.717, 1.165) is 24.1 Å². The summed E-state index contributed by atoms with van der Waals surface area (Å²) in [7, 11) is 0. The van der Waals surface area contributed by atoms with Crippen LogP contribution in [0.15, 0.2) is 12.1 Å². The van der Waals surface area contributed by atoms with Crippen LogP contribution in [0.3, 0.4) is 0 Å². The predicted octanol–water partition coefficient (Wildman–Crippen LogP) is 3.03. The van der Waals surface area contributed by atoms with Crippen LogP contribution < -0.4 is 10.6 Å². The number of nitrogens with one attached hydrogen (secondary N) is 2. The lowest BCUT2D eigenvalue weighted by Gasteiger charge is -2.10. The molecule has 0 saturated heterocycles. The molecule has 114 valence electrons. The van der Waals surface area contributed by atoms with Crippen LogP contribution in [-0.2, 0) is 4.79 Å². The average Bonchev–Trinajstić information content (AvgIpc) is 3.21. The van der Waals surface area contributed by atoms with Gasteiger partial charge in [0, 0.05) is 30.8 Å². The molecule has 0 spiro atoms. The number of amides is 1. The monoisotopic (exact) mass is 311 g/mol. The third-order valence-electron chi connectivity index (χ3n) is 3.33. The van der Waals surface area contributed by atoms with Crippen molar-refractivity contribution in [3.05, 3.63) is 32.8 Å². The zero-order valence-electron chi connectivity index (χ0n) is 11.8. The molecule has 1 aliphatic rings. The van der Waals surface area contributed by atoms with Crippen LogP contribution in [-0.4, -0.2) is 23.4 Å². The summed E-state index contributed by atoms with van der Waals surface area (Å²) in [5.74, 6) is 0.0813. The topological polar surface area (TPSA) is 84.3 Å². The molecule has 1 aliphatic carbocycles. The van der Waals surface area contributed by atoms with Gasteiger partial charge in [0.25, 0.3) is 5.69 Å². The van der Waals surface area contributed by atoms with Crippen molar-refractivity contribution >= 4 is 28.9 Å². The molecule has 1 aromatic rings. The summed E-state index contributed by atoms with van der Waals surface area (Å²) in [6.07, 6.45) is 3.35. The maximum Gasteiger partial charge on any atom is 0.288 e. The number of halogens is 1. The molecule has 0 aliphatic heterocycles. The van der Waals surface area contributed by atoms with Crippen molar-refractivity contribution in [2.24, 2.45) is 0 Å². The van der Waals surface area contributed by atoms with Gasteiger partial charge in [-0.15, -0.1) is 0 Å². The second-order valence-corrected chi connectivity index (χ2v) is 5.65. The summed E-state index contributed by atoms with van der Waals surface area (Å²) in [6.45, 7) is 2.40. The van der Waals surface area contributed by atoms with Crippen LogP contribution in [0.25, 0.3) is 0 Å². The zero-order valence-corrected chi connectivity index (χ0v) is 12.6. The fourth-order valence-electron chi connectivity index (χ4n) is 2.00. The van der Waals surface area contributed by atoms with Crippen molar-refractivity contribution in [2.45, 2.75) is 38.6 Å². The zero-order chi connectivity index (χ0) is 15.4. The van der Waals surface area contributed by atoms with E-state index in [1.807, 2.05) is 0 Å². The number of rotatable bonds is 7. The first kappa shape index (κ1) is 15.6. The smallest absolute Gasteiger partial charge is 0.288 e. The van der Waals surface area contributed by atoms with Crippen LogP contribution >= 0.6 is 11.6 Å². The number of nitro groups is 1. The quantitative estimate of drug-likeness (QED) is 0.460. The Hall–Kier alpha value is -1.82. The number of carbonyl (C=O) groups is 1. The fourth-order valence-corrected chi connectivity index (χ4v) is 2.23. The van der Waals surface area contributed by atoms with Gasteiger partial charge in [-0.25, -0.2) is 0 Å². The van der Waals surface area contributed by atoms with Crippen molar-refractivity contribution in [3.8, 4) is 0 Å². The van der Waals surface area contributed by atoms with Crippen LogP contribution in [0, 0.1) is 17.0 Å². The van der Waals surface area contributed by atoms with E-state index >= 15 is 0 Å². The molecule has 21 heavy (non-hydrogen) atoms. The van der Waals surface area contributed by atoms with Gasteiger partial charge < -0.3 is 10.6 Å².